The van der Waals surface area contributed by atoms with Crippen LogP contribution in [0.4, 0.5) is 0 Å². The molecule has 0 aliphatic heterocycles. The second-order valence-electron chi connectivity index (χ2n) is 5.50. The summed E-state index contributed by atoms with van der Waals surface area (Å²) in [6.07, 6.45) is 7.19. The molecule has 0 aliphatic rings. The quantitative estimate of drug-likeness (QED) is 0.315. The van der Waals surface area contributed by atoms with Crippen LogP contribution in [-0.4, -0.2) is 18.0 Å². The number of thiol groups is 1. The average Bonchev–Trinajstić information content (AvgIpc) is 2.55. The third-order valence-electron chi connectivity index (χ3n) is 3.48. The molecule has 23 heavy (non-hydrogen) atoms. The first kappa shape index (κ1) is 19.5. The Labute approximate surface area is 145 Å². The van der Waals surface area contributed by atoms with E-state index in [9.17, 15) is 5.11 Å². The fourth-order valence-corrected chi connectivity index (χ4v) is 2.28. The minimum absolute atomic E-state index is 0.172. The van der Waals surface area contributed by atoms with Crippen LogP contribution in [0.5, 0.6) is 11.5 Å². The van der Waals surface area contributed by atoms with E-state index in [1.54, 1.807) is 7.11 Å². The molecule has 1 unspecified atom stereocenters. The molecule has 0 aliphatic carbocycles. The molecule has 3 N–H and O–H groups in total. The summed E-state index contributed by atoms with van der Waals surface area (Å²) in [6, 6.07) is 3.76. The van der Waals surface area contributed by atoms with Crippen LogP contribution in [0.3, 0.4) is 0 Å². The van der Waals surface area contributed by atoms with Gasteiger partial charge in [0, 0.05) is 23.7 Å². The molecule has 0 heterocycles. The van der Waals surface area contributed by atoms with Crippen LogP contribution in [0.1, 0.15) is 31.4 Å². The maximum atomic E-state index is 10.2. The fraction of sp³-hybridized carbons (Fsp3) is 0.444. The van der Waals surface area contributed by atoms with Gasteiger partial charge in [0.25, 0.3) is 0 Å². The largest absolute Gasteiger partial charge is 0.504 e. The van der Waals surface area contributed by atoms with E-state index in [2.05, 4.69) is 43.4 Å². The number of hydrogen-bond donors (Lipinski definition) is 4. The molecule has 1 aromatic carbocycles. The van der Waals surface area contributed by atoms with E-state index in [1.165, 1.54) is 0 Å². The Morgan fingerprint density at radius 3 is 2.78 bits per heavy atom. The SMILES string of the molecule is CC/C=C\C=C(\NNCc1cc(C)cc(OC)c1O)C(C)CS. The Balaban J connectivity index is 2.75. The zero-order valence-electron chi connectivity index (χ0n) is 14.4. The Morgan fingerprint density at radius 2 is 2.17 bits per heavy atom. The van der Waals surface area contributed by atoms with Crippen molar-refractivity contribution in [1.29, 1.82) is 0 Å². The molecule has 0 bridgehead atoms. The van der Waals surface area contributed by atoms with E-state index in [0.717, 1.165) is 29.0 Å². The molecule has 1 rings (SSSR count). The van der Waals surface area contributed by atoms with Crippen molar-refractivity contribution in [3.63, 3.8) is 0 Å². The van der Waals surface area contributed by atoms with Crippen molar-refractivity contribution in [2.24, 2.45) is 5.92 Å². The molecule has 4 nitrogen and oxygen atoms in total. The van der Waals surface area contributed by atoms with Crippen LogP contribution in [-0.2, 0) is 6.54 Å². The highest BCUT2D eigenvalue weighted by Crippen LogP contribution is 2.31. The number of hydrogen-bond acceptors (Lipinski definition) is 5. The Bertz CT molecular complexity index is 556. The lowest BCUT2D eigenvalue weighted by molar-refractivity contribution is 0.368. The molecular weight excluding hydrogens is 308 g/mol. The predicted molar refractivity (Wildman–Crippen MR) is 99.9 cm³/mol. The van der Waals surface area contributed by atoms with Gasteiger partial charge in [-0.15, -0.1) is 0 Å². The van der Waals surface area contributed by atoms with E-state index < -0.39 is 0 Å². The number of methoxy groups -OCH3 is 1. The van der Waals surface area contributed by atoms with E-state index in [1.807, 2.05) is 31.2 Å². The highest BCUT2D eigenvalue weighted by Gasteiger charge is 2.10. The number of benzene rings is 1. The number of nitrogens with one attached hydrogen (secondary N) is 2. The number of allylic oxidation sites excluding steroid dienone is 4. The summed E-state index contributed by atoms with van der Waals surface area (Å²) in [5.41, 5.74) is 9.27. The van der Waals surface area contributed by atoms with Gasteiger partial charge in [-0.1, -0.05) is 32.1 Å². The Kier molecular flexibility index (Phi) is 8.66. The summed E-state index contributed by atoms with van der Waals surface area (Å²) in [5.74, 6) is 1.72. The first-order chi connectivity index (χ1) is 11.0. The molecule has 1 atom stereocenters. The van der Waals surface area contributed by atoms with Crippen molar-refractivity contribution < 1.29 is 9.84 Å². The molecule has 0 saturated carbocycles. The third-order valence-corrected chi connectivity index (χ3v) is 4.03. The van der Waals surface area contributed by atoms with Crippen LogP contribution < -0.4 is 15.6 Å². The van der Waals surface area contributed by atoms with Gasteiger partial charge in [0.2, 0.25) is 0 Å². The molecule has 128 valence electrons. The third kappa shape index (κ3) is 6.20. The van der Waals surface area contributed by atoms with Crippen molar-refractivity contribution in [2.45, 2.75) is 33.7 Å². The smallest absolute Gasteiger partial charge is 0.162 e. The average molecular weight is 337 g/mol. The monoisotopic (exact) mass is 336 g/mol. The van der Waals surface area contributed by atoms with E-state index >= 15 is 0 Å². The number of ether oxygens (including phenoxy) is 1. The van der Waals surface area contributed by atoms with Crippen molar-refractivity contribution in [1.82, 2.24) is 10.9 Å². The van der Waals surface area contributed by atoms with Gasteiger partial charge in [0.15, 0.2) is 11.5 Å². The Hall–Kier alpha value is -1.59. The molecule has 0 aromatic heterocycles. The van der Waals surface area contributed by atoms with Gasteiger partial charge in [0.05, 0.1) is 7.11 Å². The maximum absolute atomic E-state index is 10.2. The molecule has 5 heteroatoms. The first-order valence-corrected chi connectivity index (χ1v) is 8.49. The van der Waals surface area contributed by atoms with Gasteiger partial charge in [-0.05, 0) is 36.8 Å². The standard InChI is InChI=1S/C18H28N2O2S/c1-5-6-7-8-16(14(3)12-23)20-19-11-15-9-13(2)10-17(22-4)18(15)21/h6-10,14,19-21,23H,5,11-12H2,1-4H3/b7-6-,16-8+. The van der Waals surface area contributed by atoms with Crippen LogP contribution >= 0.6 is 12.6 Å². The van der Waals surface area contributed by atoms with Gasteiger partial charge in [-0.2, -0.15) is 12.6 Å². The first-order valence-electron chi connectivity index (χ1n) is 7.86. The van der Waals surface area contributed by atoms with Crippen LogP contribution in [0.25, 0.3) is 0 Å². The molecule has 0 radical (unpaired) electrons. The lowest BCUT2D eigenvalue weighted by Gasteiger charge is -2.18. The van der Waals surface area contributed by atoms with E-state index in [0.29, 0.717) is 18.2 Å². The molecule has 1 aromatic rings. The summed E-state index contributed by atoms with van der Waals surface area (Å²) in [4.78, 5) is 0. The van der Waals surface area contributed by atoms with Gasteiger partial charge >= 0.3 is 0 Å². The summed E-state index contributed by atoms with van der Waals surface area (Å²) < 4.78 is 5.19. The second-order valence-corrected chi connectivity index (χ2v) is 5.86. The Morgan fingerprint density at radius 1 is 1.43 bits per heavy atom. The number of aromatic hydroxyl groups is 1. The van der Waals surface area contributed by atoms with Crippen molar-refractivity contribution >= 4 is 12.6 Å². The number of phenols is 1. The number of rotatable bonds is 9. The van der Waals surface area contributed by atoms with Gasteiger partial charge in [-0.3, -0.25) is 0 Å². The molecule has 0 amide bonds. The summed E-state index contributed by atoms with van der Waals surface area (Å²) in [7, 11) is 1.55. The van der Waals surface area contributed by atoms with E-state index in [-0.39, 0.29) is 5.75 Å². The van der Waals surface area contributed by atoms with Crippen molar-refractivity contribution in [3.05, 3.63) is 47.2 Å². The zero-order chi connectivity index (χ0) is 17.2. The lowest BCUT2D eigenvalue weighted by atomic mass is 10.1. The molecule has 0 spiro atoms. The number of phenolic OH excluding ortho intramolecular Hbond substituents is 1. The van der Waals surface area contributed by atoms with Gasteiger partial charge in [0.1, 0.15) is 0 Å². The van der Waals surface area contributed by atoms with Crippen molar-refractivity contribution in [2.75, 3.05) is 12.9 Å². The minimum atomic E-state index is 0.172. The summed E-state index contributed by atoms with van der Waals surface area (Å²) in [6.45, 7) is 6.67. The highest BCUT2D eigenvalue weighted by atomic mass is 32.1. The highest BCUT2D eigenvalue weighted by molar-refractivity contribution is 7.80. The van der Waals surface area contributed by atoms with Crippen LogP contribution in [0, 0.1) is 12.8 Å². The summed E-state index contributed by atoms with van der Waals surface area (Å²) in [5, 5.41) is 10.2. The molecular formula is C18H28N2O2S. The maximum Gasteiger partial charge on any atom is 0.162 e. The second kappa shape index (κ2) is 10.2. The number of aryl methyl sites for hydroxylation is 1. The van der Waals surface area contributed by atoms with Crippen LogP contribution in [0.2, 0.25) is 0 Å². The predicted octanol–water partition coefficient (Wildman–Crippen LogP) is 3.72. The van der Waals surface area contributed by atoms with Crippen molar-refractivity contribution in [3.8, 4) is 11.5 Å². The van der Waals surface area contributed by atoms with Gasteiger partial charge < -0.3 is 15.3 Å². The normalized spacial score (nSPS) is 13.3. The van der Waals surface area contributed by atoms with Gasteiger partial charge in [-0.25, -0.2) is 5.43 Å². The van der Waals surface area contributed by atoms with E-state index in [4.69, 9.17) is 4.74 Å². The number of hydrazine groups is 1. The zero-order valence-corrected chi connectivity index (χ0v) is 15.3. The molecule has 0 fully saturated rings. The molecule has 0 saturated heterocycles. The lowest BCUT2D eigenvalue weighted by Crippen LogP contribution is -2.33. The summed E-state index contributed by atoms with van der Waals surface area (Å²) >= 11 is 4.36. The minimum Gasteiger partial charge on any atom is -0.504 e. The van der Waals surface area contributed by atoms with Crippen LogP contribution in [0.15, 0.2) is 36.1 Å². The fourth-order valence-electron chi connectivity index (χ4n) is 2.09. The topological polar surface area (TPSA) is 53.5 Å².